The predicted octanol–water partition coefficient (Wildman–Crippen LogP) is 3.85. The van der Waals surface area contributed by atoms with Gasteiger partial charge in [0.15, 0.2) is 0 Å². The molecule has 1 amide bonds. The Kier molecular flexibility index (Phi) is 6.90. The Morgan fingerprint density at radius 3 is 2.71 bits per heavy atom. The zero-order valence-electron chi connectivity index (χ0n) is 13.9. The molecule has 0 aromatic heterocycles. The van der Waals surface area contributed by atoms with Crippen molar-refractivity contribution in [3.05, 3.63) is 34.6 Å². The zero-order valence-corrected chi connectivity index (χ0v) is 15.5. The summed E-state index contributed by atoms with van der Waals surface area (Å²) in [5, 5.41) is 3.62. The number of halogens is 3. The average Bonchev–Trinajstić information content (AvgIpc) is 3.33. The second-order valence-corrected chi connectivity index (χ2v) is 7.15. The highest BCUT2D eigenvalue weighted by molar-refractivity contribution is 6.31. The van der Waals surface area contributed by atoms with E-state index in [1.807, 2.05) is 11.9 Å². The number of benzene rings is 1. The van der Waals surface area contributed by atoms with Crippen molar-refractivity contribution in [1.82, 2.24) is 10.2 Å². The molecule has 1 heterocycles. The third-order valence-corrected chi connectivity index (χ3v) is 5.54. The summed E-state index contributed by atoms with van der Waals surface area (Å²) in [6, 6.07) is 4.73. The standard InChI is InChI=1S/C18H24ClFN2O.ClH/c1-21-8-5-12-6-9-22(10-7-12)18(23)14-11-13(14)17-15(19)3-2-4-16(17)20;/h2-4,12-14,21H,5-11H2,1H3;1H. The van der Waals surface area contributed by atoms with Gasteiger partial charge in [0.1, 0.15) is 5.82 Å². The Morgan fingerprint density at radius 2 is 2.08 bits per heavy atom. The smallest absolute Gasteiger partial charge is 0.226 e. The van der Waals surface area contributed by atoms with Crippen LogP contribution in [0.2, 0.25) is 5.02 Å². The molecule has 0 radical (unpaired) electrons. The Balaban J connectivity index is 0.00000208. The number of likely N-dealkylation sites (tertiary alicyclic amines) is 1. The van der Waals surface area contributed by atoms with Gasteiger partial charge in [-0.2, -0.15) is 0 Å². The highest BCUT2D eigenvalue weighted by atomic mass is 35.5. The number of amides is 1. The van der Waals surface area contributed by atoms with E-state index in [2.05, 4.69) is 5.32 Å². The maximum Gasteiger partial charge on any atom is 0.226 e. The first-order valence-corrected chi connectivity index (χ1v) is 8.87. The van der Waals surface area contributed by atoms with E-state index >= 15 is 0 Å². The second-order valence-electron chi connectivity index (χ2n) is 6.74. The molecule has 2 unspecified atom stereocenters. The molecule has 2 aliphatic rings. The van der Waals surface area contributed by atoms with Gasteiger partial charge in [-0.3, -0.25) is 4.79 Å². The molecule has 1 aromatic carbocycles. The van der Waals surface area contributed by atoms with Crippen molar-refractivity contribution in [1.29, 1.82) is 0 Å². The van der Waals surface area contributed by atoms with E-state index < -0.39 is 0 Å². The van der Waals surface area contributed by atoms with Crippen molar-refractivity contribution < 1.29 is 9.18 Å². The lowest BCUT2D eigenvalue weighted by Crippen LogP contribution is -2.40. The number of nitrogens with zero attached hydrogens (tertiary/aromatic N) is 1. The van der Waals surface area contributed by atoms with E-state index in [0.717, 1.165) is 38.9 Å². The normalized spacial score (nSPS) is 23.7. The predicted molar refractivity (Wildman–Crippen MR) is 97.4 cm³/mol. The molecule has 0 bridgehead atoms. The van der Waals surface area contributed by atoms with Crippen LogP contribution in [0.15, 0.2) is 18.2 Å². The van der Waals surface area contributed by atoms with Crippen LogP contribution < -0.4 is 5.32 Å². The van der Waals surface area contributed by atoms with E-state index in [9.17, 15) is 9.18 Å². The van der Waals surface area contributed by atoms with Gasteiger partial charge < -0.3 is 10.2 Å². The highest BCUT2D eigenvalue weighted by Crippen LogP contribution is 2.51. The largest absolute Gasteiger partial charge is 0.342 e. The number of piperidine rings is 1. The van der Waals surface area contributed by atoms with Crippen molar-refractivity contribution >= 4 is 29.9 Å². The van der Waals surface area contributed by atoms with Crippen LogP contribution in [-0.4, -0.2) is 37.5 Å². The summed E-state index contributed by atoms with van der Waals surface area (Å²) >= 11 is 6.12. The third-order valence-electron chi connectivity index (χ3n) is 5.21. The van der Waals surface area contributed by atoms with Crippen LogP contribution in [0.5, 0.6) is 0 Å². The minimum Gasteiger partial charge on any atom is -0.342 e. The minimum absolute atomic E-state index is 0. The van der Waals surface area contributed by atoms with E-state index in [0.29, 0.717) is 16.5 Å². The van der Waals surface area contributed by atoms with Gasteiger partial charge in [-0.15, -0.1) is 12.4 Å². The Bertz CT molecular complexity index is 556. The van der Waals surface area contributed by atoms with Crippen LogP contribution in [0, 0.1) is 17.7 Å². The molecule has 1 saturated heterocycles. The van der Waals surface area contributed by atoms with Gasteiger partial charge in [0.25, 0.3) is 0 Å². The van der Waals surface area contributed by atoms with Gasteiger partial charge in [-0.1, -0.05) is 17.7 Å². The molecule has 1 N–H and O–H groups in total. The second kappa shape index (κ2) is 8.50. The molecule has 3 nitrogen and oxygen atoms in total. The lowest BCUT2D eigenvalue weighted by atomic mass is 9.93. The molecule has 2 fully saturated rings. The SMILES string of the molecule is CNCCC1CCN(C(=O)C2CC2c2c(F)cccc2Cl)CC1.Cl. The molecule has 1 aliphatic carbocycles. The topological polar surface area (TPSA) is 32.3 Å². The molecular formula is C18H25Cl2FN2O. The molecule has 134 valence electrons. The van der Waals surface area contributed by atoms with E-state index in [-0.39, 0.29) is 36.0 Å². The number of carbonyl (C=O) groups excluding carboxylic acids is 1. The first kappa shape index (κ1) is 19.5. The summed E-state index contributed by atoms with van der Waals surface area (Å²) in [6.45, 7) is 2.71. The summed E-state index contributed by atoms with van der Waals surface area (Å²) < 4.78 is 14.0. The van der Waals surface area contributed by atoms with Crippen molar-refractivity contribution in [2.24, 2.45) is 11.8 Å². The van der Waals surface area contributed by atoms with Crippen LogP contribution in [0.25, 0.3) is 0 Å². The first-order chi connectivity index (χ1) is 11.1. The minimum atomic E-state index is -0.288. The van der Waals surface area contributed by atoms with Gasteiger partial charge >= 0.3 is 0 Å². The van der Waals surface area contributed by atoms with Crippen LogP contribution in [0.4, 0.5) is 4.39 Å². The van der Waals surface area contributed by atoms with Crippen LogP contribution in [-0.2, 0) is 4.79 Å². The van der Waals surface area contributed by atoms with Gasteiger partial charge in [-0.05, 0) is 57.3 Å². The van der Waals surface area contributed by atoms with Crippen molar-refractivity contribution in [2.45, 2.75) is 31.6 Å². The zero-order chi connectivity index (χ0) is 16.4. The molecule has 24 heavy (non-hydrogen) atoms. The molecule has 6 heteroatoms. The van der Waals surface area contributed by atoms with E-state index in [1.165, 1.54) is 12.5 Å². The number of carbonyl (C=O) groups is 1. The summed E-state index contributed by atoms with van der Waals surface area (Å²) in [6.07, 6.45) is 4.05. The molecule has 1 aromatic rings. The highest BCUT2D eigenvalue weighted by Gasteiger charge is 2.48. The first-order valence-electron chi connectivity index (χ1n) is 8.49. The van der Waals surface area contributed by atoms with Gasteiger partial charge in [0.2, 0.25) is 5.91 Å². The molecule has 0 spiro atoms. The number of hydrogen-bond acceptors (Lipinski definition) is 2. The van der Waals surface area contributed by atoms with Gasteiger partial charge in [-0.25, -0.2) is 4.39 Å². The van der Waals surface area contributed by atoms with Crippen molar-refractivity contribution in [3.63, 3.8) is 0 Å². The fourth-order valence-electron chi connectivity index (χ4n) is 3.68. The van der Waals surface area contributed by atoms with Crippen molar-refractivity contribution in [2.75, 3.05) is 26.7 Å². The number of hydrogen-bond donors (Lipinski definition) is 1. The fourth-order valence-corrected chi connectivity index (χ4v) is 3.98. The number of rotatable bonds is 5. The molecule has 1 aliphatic heterocycles. The molecule has 3 rings (SSSR count). The van der Waals surface area contributed by atoms with Crippen LogP contribution in [0.1, 0.15) is 37.2 Å². The summed E-state index contributed by atoms with van der Waals surface area (Å²) in [7, 11) is 1.97. The summed E-state index contributed by atoms with van der Waals surface area (Å²) in [4.78, 5) is 14.6. The molecular weight excluding hydrogens is 350 g/mol. The Labute approximate surface area is 154 Å². The van der Waals surface area contributed by atoms with E-state index in [1.54, 1.807) is 12.1 Å². The third kappa shape index (κ3) is 4.22. The van der Waals surface area contributed by atoms with Gasteiger partial charge in [0, 0.05) is 35.5 Å². The van der Waals surface area contributed by atoms with Gasteiger partial charge in [0.05, 0.1) is 0 Å². The number of nitrogens with one attached hydrogen (secondary N) is 1. The Morgan fingerprint density at radius 1 is 1.38 bits per heavy atom. The quantitative estimate of drug-likeness (QED) is 0.848. The Hall–Kier alpha value is -0.840. The molecule has 1 saturated carbocycles. The summed E-state index contributed by atoms with van der Waals surface area (Å²) in [5.41, 5.74) is 0.524. The lowest BCUT2D eigenvalue weighted by Gasteiger charge is -2.32. The fraction of sp³-hybridized carbons (Fsp3) is 0.611. The van der Waals surface area contributed by atoms with Crippen LogP contribution in [0.3, 0.4) is 0 Å². The maximum absolute atomic E-state index is 14.0. The maximum atomic E-state index is 14.0. The van der Waals surface area contributed by atoms with Crippen molar-refractivity contribution in [3.8, 4) is 0 Å². The lowest BCUT2D eigenvalue weighted by molar-refractivity contribution is -0.134. The van der Waals surface area contributed by atoms with E-state index in [4.69, 9.17) is 11.6 Å². The monoisotopic (exact) mass is 374 g/mol. The average molecular weight is 375 g/mol. The van der Waals surface area contributed by atoms with Crippen LogP contribution >= 0.6 is 24.0 Å². The molecule has 2 atom stereocenters. The summed E-state index contributed by atoms with van der Waals surface area (Å²) in [5.74, 6) is 0.476.